The second kappa shape index (κ2) is 8.34. The molecule has 0 heterocycles. The third-order valence-electron chi connectivity index (χ3n) is 4.56. The van der Waals surface area contributed by atoms with Crippen LogP contribution < -0.4 is 10.1 Å². The molecule has 0 aromatic heterocycles. The lowest BCUT2D eigenvalue weighted by molar-refractivity contribution is -0.123. The van der Waals surface area contributed by atoms with E-state index < -0.39 is 0 Å². The van der Waals surface area contributed by atoms with Crippen molar-refractivity contribution < 1.29 is 9.53 Å². The van der Waals surface area contributed by atoms with Crippen molar-refractivity contribution >= 4 is 5.91 Å². The lowest BCUT2D eigenvalue weighted by atomic mass is 9.95. The van der Waals surface area contributed by atoms with Gasteiger partial charge in [0, 0.05) is 12.6 Å². The topological polar surface area (TPSA) is 41.6 Å². The van der Waals surface area contributed by atoms with Gasteiger partial charge in [-0.05, 0) is 50.4 Å². The van der Waals surface area contributed by atoms with Crippen molar-refractivity contribution in [2.24, 2.45) is 0 Å². The number of ether oxygens (including phenoxy) is 1. The lowest BCUT2D eigenvalue weighted by Gasteiger charge is -2.24. The Labute approximate surface area is 140 Å². The van der Waals surface area contributed by atoms with Gasteiger partial charge in [0.05, 0.1) is 13.7 Å². The van der Waals surface area contributed by atoms with Crippen LogP contribution in [0.1, 0.15) is 48.8 Å². The number of hydrogen-bond acceptors (Lipinski definition) is 3. The van der Waals surface area contributed by atoms with Crippen molar-refractivity contribution in [2.75, 3.05) is 20.7 Å². The number of carbonyl (C=O) groups is 1. The number of carbonyl (C=O) groups excluding carboxylic acids is 1. The molecule has 1 aromatic rings. The molecule has 128 valence electrons. The lowest BCUT2D eigenvalue weighted by Crippen LogP contribution is -2.41. The molecule has 0 bridgehead atoms. The molecule has 0 unspecified atom stereocenters. The van der Waals surface area contributed by atoms with E-state index in [1.54, 1.807) is 7.11 Å². The van der Waals surface area contributed by atoms with Crippen LogP contribution in [0.15, 0.2) is 12.1 Å². The maximum Gasteiger partial charge on any atom is 0.234 e. The van der Waals surface area contributed by atoms with Gasteiger partial charge >= 0.3 is 0 Å². The van der Waals surface area contributed by atoms with Gasteiger partial charge in [-0.25, -0.2) is 0 Å². The first kappa shape index (κ1) is 17.8. The fourth-order valence-electron chi connectivity index (χ4n) is 3.59. The number of amides is 1. The second-order valence-corrected chi connectivity index (χ2v) is 6.84. The van der Waals surface area contributed by atoms with Crippen molar-refractivity contribution in [3.8, 4) is 5.75 Å². The van der Waals surface area contributed by atoms with Gasteiger partial charge < -0.3 is 10.1 Å². The highest BCUT2D eigenvalue weighted by atomic mass is 16.5. The quantitative estimate of drug-likeness (QED) is 0.876. The van der Waals surface area contributed by atoms with Gasteiger partial charge in [0.1, 0.15) is 5.75 Å². The molecular formula is C19H30N2O2. The van der Waals surface area contributed by atoms with Gasteiger partial charge in [-0.3, -0.25) is 9.69 Å². The van der Waals surface area contributed by atoms with E-state index in [9.17, 15) is 4.79 Å². The Hall–Kier alpha value is -1.55. The predicted molar refractivity (Wildman–Crippen MR) is 93.8 cm³/mol. The van der Waals surface area contributed by atoms with Crippen molar-refractivity contribution in [3.63, 3.8) is 0 Å². The van der Waals surface area contributed by atoms with Gasteiger partial charge in [-0.1, -0.05) is 31.4 Å². The number of methoxy groups -OCH3 is 1. The maximum absolute atomic E-state index is 12.2. The van der Waals surface area contributed by atoms with Crippen LogP contribution in [-0.2, 0) is 11.3 Å². The third-order valence-corrected chi connectivity index (χ3v) is 4.56. The minimum Gasteiger partial charge on any atom is -0.496 e. The smallest absolute Gasteiger partial charge is 0.234 e. The fourth-order valence-corrected chi connectivity index (χ4v) is 3.59. The molecule has 0 spiro atoms. The number of likely N-dealkylation sites (N-methyl/N-ethyl adjacent to an activating group) is 1. The third kappa shape index (κ3) is 5.24. The van der Waals surface area contributed by atoms with Crippen LogP contribution in [0.2, 0.25) is 0 Å². The SMILES string of the molecule is COc1c(C)cc(CN(C)CC(=O)NC2CCCCC2)cc1C. The van der Waals surface area contributed by atoms with Gasteiger partial charge in [0.15, 0.2) is 0 Å². The summed E-state index contributed by atoms with van der Waals surface area (Å²) in [5.41, 5.74) is 3.50. The molecule has 1 fully saturated rings. The van der Waals surface area contributed by atoms with Gasteiger partial charge in [-0.2, -0.15) is 0 Å². The highest BCUT2D eigenvalue weighted by Crippen LogP contribution is 2.24. The highest BCUT2D eigenvalue weighted by Gasteiger charge is 2.16. The minimum atomic E-state index is 0.140. The molecule has 1 N–H and O–H groups in total. The van der Waals surface area contributed by atoms with E-state index >= 15 is 0 Å². The van der Waals surface area contributed by atoms with Gasteiger partial charge in [-0.15, -0.1) is 0 Å². The Kier molecular flexibility index (Phi) is 6.46. The van der Waals surface area contributed by atoms with Crippen LogP contribution in [0.25, 0.3) is 0 Å². The normalized spacial score (nSPS) is 15.7. The molecule has 1 aliphatic rings. The number of nitrogens with zero attached hydrogens (tertiary/aromatic N) is 1. The van der Waals surface area contributed by atoms with E-state index in [1.165, 1.54) is 24.8 Å². The molecule has 0 radical (unpaired) electrons. The van der Waals surface area contributed by atoms with E-state index in [-0.39, 0.29) is 5.91 Å². The summed E-state index contributed by atoms with van der Waals surface area (Å²) in [6.07, 6.45) is 6.05. The summed E-state index contributed by atoms with van der Waals surface area (Å²) in [6.45, 7) is 5.33. The Balaban J connectivity index is 1.86. The van der Waals surface area contributed by atoms with Crippen LogP contribution in [0.4, 0.5) is 0 Å². The Morgan fingerprint density at radius 3 is 2.39 bits per heavy atom. The average Bonchev–Trinajstić information content (AvgIpc) is 2.47. The monoisotopic (exact) mass is 318 g/mol. The van der Waals surface area contributed by atoms with Crippen LogP contribution in [0.5, 0.6) is 5.75 Å². The minimum absolute atomic E-state index is 0.140. The second-order valence-electron chi connectivity index (χ2n) is 6.84. The van der Waals surface area contributed by atoms with Crippen LogP contribution in [0.3, 0.4) is 0 Å². The molecule has 4 heteroatoms. The summed E-state index contributed by atoms with van der Waals surface area (Å²) >= 11 is 0. The molecule has 1 aliphatic carbocycles. The first-order chi connectivity index (χ1) is 11.0. The summed E-state index contributed by atoms with van der Waals surface area (Å²) < 4.78 is 5.41. The molecule has 0 atom stereocenters. The molecule has 0 aliphatic heterocycles. The molecule has 1 amide bonds. The van der Waals surface area contributed by atoms with Crippen molar-refractivity contribution in [1.82, 2.24) is 10.2 Å². The first-order valence-electron chi connectivity index (χ1n) is 8.61. The van der Waals surface area contributed by atoms with E-state index in [0.717, 1.165) is 36.3 Å². The largest absolute Gasteiger partial charge is 0.496 e. The maximum atomic E-state index is 12.2. The molecule has 0 saturated heterocycles. The zero-order chi connectivity index (χ0) is 16.8. The van der Waals surface area contributed by atoms with E-state index in [4.69, 9.17) is 4.74 Å². The summed E-state index contributed by atoms with van der Waals surface area (Å²) in [4.78, 5) is 14.2. The average molecular weight is 318 g/mol. The molecule has 1 saturated carbocycles. The van der Waals surface area contributed by atoms with E-state index in [1.807, 2.05) is 7.05 Å². The summed E-state index contributed by atoms with van der Waals surface area (Å²) in [5, 5.41) is 3.18. The Morgan fingerprint density at radius 2 is 1.83 bits per heavy atom. The van der Waals surface area contributed by atoms with E-state index in [0.29, 0.717) is 12.6 Å². The first-order valence-corrected chi connectivity index (χ1v) is 8.61. The number of hydrogen-bond donors (Lipinski definition) is 1. The zero-order valence-electron chi connectivity index (χ0n) is 14.9. The number of aryl methyl sites for hydroxylation is 2. The highest BCUT2D eigenvalue weighted by molar-refractivity contribution is 5.78. The molecule has 1 aromatic carbocycles. The molecular weight excluding hydrogens is 288 g/mol. The van der Waals surface area contributed by atoms with E-state index in [2.05, 4.69) is 36.2 Å². The summed E-state index contributed by atoms with van der Waals surface area (Å²) in [5.74, 6) is 1.09. The van der Waals surface area contributed by atoms with Crippen LogP contribution >= 0.6 is 0 Å². The summed E-state index contributed by atoms with van der Waals surface area (Å²) in [7, 11) is 3.70. The van der Waals surface area contributed by atoms with Crippen molar-refractivity contribution in [2.45, 2.75) is 58.5 Å². The fraction of sp³-hybridized carbons (Fsp3) is 0.632. The van der Waals surface area contributed by atoms with Crippen LogP contribution in [-0.4, -0.2) is 37.6 Å². The Bertz CT molecular complexity index is 513. The van der Waals surface area contributed by atoms with Crippen molar-refractivity contribution in [3.05, 3.63) is 28.8 Å². The Morgan fingerprint density at radius 1 is 1.22 bits per heavy atom. The molecule has 2 rings (SSSR count). The van der Waals surface area contributed by atoms with Crippen LogP contribution in [0, 0.1) is 13.8 Å². The number of benzene rings is 1. The standard InChI is InChI=1S/C19H30N2O2/c1-14-10-16(11-15(2)19(14)23-4)12-21(3)13-18(22)20-17-8-6-5-7-9-17/h10-11,17H,5-9,12-13H2,1-4H3,(H,20,22). The molecule has 23 heavy (non-hydrogen) atoms. The van der Waals surface area contributed by atoms with Gasteiger partial charge in [0.2, 0.25) is 5.91 Å². The van der Waals surface area contributed by atoms with Crippen molar-refractivity contribution in [1.29, 1.82) is 0 Å². The van der Waals surface area contributed by atoms with Gasteiger partial charge in [0.25, 0.3) is 0 Å². The summed E-state index contributed by atoms with van der Waals surface area (Å²) in [6, 6.07) is 4.66. The predicted octanol–water partition coefficient (Wildman–Crippen LogP) is 3.19. The number of rotatable bonds is 6. The zero-order valence-corrected chi connectivity index (χ0v) is 14.9. The molecule has 4 nitrogen and oxygen atoms in total. The number of nitrogens with one attached hydrogen (secondary N) is 1.